The van der Waals surface area contributed by atoms with E-state index < -0.39 is 0 Å². The number of nitrogens with zero attached hydrogens (tertiary/aromatic N) is 1. The summed E-state index contributed by atoms with van der Waals surface area (Å²) in [6, 6.07) is 43.3. The molecule has 0 aliphatic heterocycles. The van der Waals surface area contributed by atoms with Crippen molar-refractivity contribution in [3.05, 3.63) is 139 Å². The quantitative estimate of drug-likeness (QED) is 0.186. The van der Waals surface area contributed by atoms with Gasteiger partial charge in [-0.25, -0.2) is 0 Å². The number of rotatable bonds is 10. The van der Waals surface area contributed by atoms with E-state index in [1.165, 1.54) is 59.9 Å². The Kier molecular flexibility index (Phi) is 8.00. The van der Waals surface area contributed by atoms with Crippen LogP contribution in [-0.2, 0) is 12.8 Å². The molecule has 4 aromatic carbocycles. The second-order valence-electron chi connectivity index (χ2n) is 9.48. The summed E-state index contributed by atoms with van der Waals surface area (Å²) in [6.07, 6.45) is 9.41. The first-order chi connectivity index (χ1) is 17.8. The molecule has 0 unspecified atom stereocenters. The average Bonchev–Trinajstić information content (AvgIpc) is 2.96. The minimum Gasteiger partial charge on any atom is -0.256 e. The highest BCUT2D eigenvalue weighted by Crippen LogP contribution is 2.28. The van der Waals surface area contributed by atoms with Gasteiger partial charge in [-0.2, -0.15) is 0 Å². The van der Waals surface area contributed by atoms with E-state index in [2.05, 4.69) is 115 Å². The predicted octanol–water partition coefficient (Wildman–Crippen LogP) is 9.43. The largest absolute Gasteiger partial charge is 0.256 e. The van der Waals surface area contributed by atoms with E-state index in [0.717, 1.165) is 23.2 Å². The SMILES string of the molecule is c1ccc(CCCCCCc2cccc(-c3cccc(-c4ccc(-c5ccccc5)cn4)c3)c2)cc1. The molecule has 1 nitrogen and oxygen atoms in total. The van der Waals surface area contributed by atoms with Crippen LogP contribution >= 0.6 is 0 Å². The fourth-order valence-electron chi connectivity index (χ4n) is 4.79. The predicted molar refractivity (Wildman–Crippen MR) is 153 cm³/mol. The Balaban J connectivity index is 1.18. The Morgan fingerprint density at radius 2 is 0.972 bits per heavy atom. The van der Waals surface area contributed by atoms with Crippen LogP contribution in [0.3, 0.4) is 0 Å². The summed E-state index contributed by atoms with van der Waals surface area (Å²) < 4.78 is 0. The number of pyridine rings is 1. The summed E-state index contributed by atoms with van der Waals surface area (Å²) in [7, 11) is 0. The van der Waals surface area contributed by atoms with E-state index in [1.807, 2.05) is 12.3 Å². The first-order valence-electron chi connectivity index (χ1n) is 13.1. The first kappa shape index (κ1) is 23.8. The maximum Gasteiger partial charge on any atom is 0.0702 e. The number of unbranched alkanes of at least 4 members (excludes halogenated alkanes) is 3. The molecule has 0 aliphatic rings. The molecular formula is C35H33N. The third kappa shape index (κ3) is 6.37. The van der Waals surface area contributed by atoms with Crippen molar-refractivity contribution in [3.8, 4) is 33.5 Å². The van der Waals surface area contributed by atoms with Crippen LogP contribution in [0.5, 0.6) is 0 Å². The Bertz CT molecular complexity index is 1360. The number of aryl methyl sites for hydroxylation is 2. The highest BCUT2D eigenvalue weighted by molar-refractivity contribution is 5.73. The van der Waals surface area contributed by atoms with E-state index >= 15 is 0 Å². The number of hydrogen-bond donors (Lipinski definition) is 0. The molecular weight excluding hydrogens is 434 g/mol. The van der Waals surface area contributed by atoms with E-state index in [-0.39, 0.29) is 0 Å². The number of aromatic nitrogens is 1. The molecule has 0 aliphatic carbocycles. The van der Waals surface area contributed by atoms with Crippen molar-refractivity contribution in [2.24, 2.45) is 0 Å². The third-order valence-corrected chi connectivity index (χ3v) is 6.81. The lowest BCUT2D eigenvalue weighted by Crippen LogP contribution is -1.90. The lowest BCUT2D eigenvalue weighted by molar-refractivity contribution is 0.640. The van der Waals surface area contributed by atoms with Gasteiger partial charge >= 0.3 is 0 Å². The van der Waals surface area contributed by atoms with Crippen molar-refractivity contribution in [3.63, 3.8) is 0 Å². The Morgan fingerprint density at radius 3 is 1.69 bits per heavy atom. The van der Waals surface area contributed by atoms with Crippen molar-refractivity contribution in [1.29, 1.82) is 0 Å². The van der Waals surface area contributed by atoms with Gasteiger partial charge in [-0.05, 0) is 65.6 Å². The second-order valence-corrected chi connectivity index (χ2v) is 9.48. The van der Waals surface area contributed by atoms with Gasteiger partial charge in [0.25, 0.3) is 0 Å². The summed E-state index contributed by atoms with van der Waals surface area (Å²) in [6.45, 7) is 0. The maximum atomic E-state index is 4.76. The molecule has 1 aromatic heterocycles. The standard InChI is InChI=1S/C35H33N/c1(5-13-28-14-7-3-8-15-28)2-6-16-29-17-11-20-31(25-29)32-21-12-22-33(26-32)35-24-23-34(27-36-35)30-18-9-4-10-19-30/h3-4,7-12,14-15,17-27H,1-2,5-6,13,16H2. The minimum atomic E-state index is 1.00. The highest BCUT2D eigenvalue weighted by atomic mass is 14.7. The first-order valence-corrected chi connectivity index (χ1v) is 13.1. The molecule has 178 valence electrons. The molecule has 36 heavy (non-hydrogen) atoms. The van der Waals surface area contributed by atoms with Crippen LogP contribution in [0, 0.1) is 0 Å². The topological polar surface area (TPSA) is 12.9 Å². The molecule has 0 fully saturated rings. The van der Waals surface area contributed by atoms with Gasteiger partial charge in [0.1, 0.15) is 0 Å². The Morgan fingerprint density at radius 1 is 0.389 bits per heavy atom. The van der Waals surface area contributed by atoms with Gasteiger partial charge in [0.15, 0.2) is 0 Å². The smallest absolute Gasteiger partial charge is 0.0702 e. The van der Waals surface area contributed by atoms with Gasteiger partial charge in [0.05, 0.1) is 5.69 Å². The van der Waals surface area contributed by atoms with Gasteiger partial charge in [0.2, 0.25) is 0 Å². The maximum absolute atomic E-state index is 4.76. The fourth-order valence-corrected chi connectivity index (χ4v) is 4.79. The average molecular weight is 468 g/mol. The van der Waals surface area contributed by atoms with Crippen LogP contribution in [-0.4, -0.2) is 4.98 Å². The Hall–Kier alpha value is -3.97. The van der Waals surface area contributed by atoms with Gasteiger partial charge in [-0.1, -0.05) is 122 Å². The molecule has 0 N–H and O–H groups in total. The van der Waals surface area contributed by atoms with Crippen LogP contribution in [0.15, 0.2) is 128 Å². The van der Waals surface area contributed by atoms with E-state index in [0.29, 0.717) is 0 Å². The zero-order valence-electron chi connectivity index (χ0n) is 20.8. The van der Waals surface area contributed by atoms with Crippen LogP contribution in [0.4, 0.5) is 0 Å². The summed E-state index contributed by atoms with van der Waals surface area (Å²) in [5.41, 5.74) is 9.88. The molecule has 0 spiro atoms. The third-order valence-electron chi connectivity index (χ3n) is 6.81. The molecule has 0 bridgehead atoms. The van der Waals surface area contributed by atoms with Crippen LogP contribution < -0.4 is 0 Å². The summed E-state index contributed by atoms with van der Waals surface area (Å²) in [5.74, 6) is 0. The van der Waals surface area contributed by atoms with Crippen LogP contribution in [0.1, 0.15) is 36.8 Å². The van der Waals surface area contributed by atoms with E-state index in [1.54, 1.807) is 0 Å². The van der Waals surface area contributed by atoms with Crippen molar-refractivity contribution in [2.75, 3.05) is 0 Å². The van der Waals surface area contributed by atoms with Gasteiger partial charge in [-0.3, -0.25) is 4.98 Å². The molecule has 5 rings (SSSR count). The Labute approximate surface area is 215 Å². The minimum absolute atomic E-state index is 1.00. The summed E-state index contributed by atoms with van der Waals surface area (Å²) >= 11 is 0. The van der Waals surface area contributed by atoms with Gasteiger partial charge in [-0.15, -0.1) is 0 Å². The van der Waals surface area contributed by atoms with Crippen molar-refractivity contribution >= 4 is 0 Å². The molecule has 1 heterocycles. The van der Waals surface area contributed by atoms with Crippen molar-refractivity contribution in [1.82, 2.24) is 4.98 Å². The molecule has 0 atom stereocenters. The zero-order chi connectivity index (χ0) is 24.4. The molecule has 0 amide bonds. The second kappa shape index (κ2) is 12.1. The molecule has 1 heteroatoms. The molecule has 5 aromatic rings. The lowest BCUT2D eigenvalue weighted by Gasteiger charge is -2.09. The zero-order valence-corrected chi connectivity index (χ0v) is 20.8. The van der Waals surface area contributed by atoms with Crippen molar-refractivity contribution < 1.29 is 0 Å². The van der Waals surface area contributed by atoms with E-state index in [9.17, 15) is 0 Å². The highest BCUT2D eigenvalue weighted by Gasteiger charge is 2.05. The van der Waals surface area contributed by atoms with Crippen LogP contribution in [0.25, 0.3) is 33.5 Å². The van der Waals surface area contributed by atoms with Crippen molar-refractivity contribution in [2.45, 2.75) is 38.5 Å². The summed E-state index contributed by atoms with van der Waals surface area (Å²) in [4.78, 5) is 4.76. The lowest BCUT2D eigenvalue weighted by atomic mass is 9.97. The van der Waals surface area contributed by atoms with Crippen LogP contribution in [0.2, 0.25) is 0 Å². The molecule has 0 saturated carbocycles. The fraction of sp³-hybridized carbons (Fsp3) is 0.171. The molecule has 0 saturated heterocycles. The normalized spacial score (nSPS) is 10.9. The summed E-state index contributed by atoms with van der Waals surface area (Å²) in [5, 5.41) is 0. The molecule has 0 radical (unpaired) electrons. The number of hydrogen-bond acceptors (Lipinski definition) is 1. The van der Waals surface area contributed by atoms with Gasteiger partial charge < -0.3 is 0 Å². The number of benzene rings is 4. The van der Waals surface area contributed by atoms with Gasteiger partial charge in [0, 0.05) is 17.3 Å². The van der Waals surface area contributed by atoms with E-state index in [4.69, 9.17) is 4.98 Å². The monoisotopic (exact) mass is 467 g/mol.